The molecule has 0 aliphatic heterocycles. The van der Waals surface area contributed by atoms with Crippen LogP contribution < -0.4 is 5.73 Å². The van der Waals surface area contributed by atoms with Crippen molar-refractivity contribution >= 4 is 5.95 Å². The summed E-state index contributed by atoms with van der Waals surface area (Å²) in [4.78, 5) is 12.2. The van der Waals surface area contributed by atoms with Crippen LogP contribution in [0.1, 0.15) is 61.6 Å². The van der Waals surface area contributed by atoms with Crippen molar-refractivity contribution in [2.24, 2.45) is 5.92 Å². The smallest absolute Gasteiger partial charge is 0.223 e. The lowest BCUT2D eigenvalue weighted by Gasteiger charge is -2.16. The highest BCUT2D eigenvalue weighted by Gasteiger charge is 2.28. The summed E-state index contributed by atoms with van der Waals surface area (Å²) in [5, 5.41) is 0. The highest BCUT2D eigenvalue weighted by atomic mass is 19.1. The van der Waals surface area contributed by atoms with Gasteiger partial charge in [-0.25, -0.2) is 9.37 Å². The number of hydrogen-bond donors (Lipinski definition) is 1. The van der Waals surface area contributed by atoms with E-state index < -0.39 is 6.17 Å². The Morgan fingerprint density at radius 3 is 2.83 bits per heavy atom. The highest BCUT2D eigenvalue weighted by molar-refractivity contribution is 5.35. The van der Waals surface area contributed by atoms with Crippen molar-refractivity contribution in [2.45, 2.75) is 51.6 Å². The van der Waals surface area contributed by atoms with Gasteiger partial charge in [-0.2, -0.15) is 9.97 Å². The maximum absolute atomic E-state index is 13.4. The molecular weight excluding hydrogens is 291 g/mol. The molecule has 2 N–H and O–H groups in total. The monoisotopic (exact) mass is 314 g/mol. The number of halogens is 1. The second kappa shape index (κ2) is 6.60. The first-order valence-electron chi connectivity index (χ1n) is 8.26. The van der Waals surface area contributed by atoms with Crippen LogP contribution in [0, 0.1) is 5.92 Å². The molecule has 5 heteroatoms. The number of rotatable bonds is 5. The topological polar surface area (TPSA) is 64.7 Å². The zero-order chi connectivity index (χ0) is 16.4. The van der Waals surface area contributed by atoms with Crippen molar-refractivity contribution < 1.29 is 4.39 Å². The van der Waals surface area contributed by atoms with Crippen molar-refractivity contribution in [2.75, 3.05) is 5.73 Å². The number of anilines is 1. The van der Waals surface area contributed by atoms with Gasteiger partial charge < -0.3 is 5.73 Å². The molecule has 122 valence electrons. The van der Waals surface area contributed by atoms with Crippen LogP contribution in [0.5, 0.6) is 0 Å². The van der Waals surface area contributed by atoms with Gasteiger partial charge in [0.15, 0.2) is 12.0 Å². The lowest BCUT2D eigenvalue weighted by atomic mass is 9.89. The van der Waals surface area contributed by atoms with E-state index in [1.807, 2.05) is 0 Å². The van der Waals surface area contributed by atoms with E-state index in [1.54, 1.807) is 0 Å². The number of aryl methyl sites for hydroxylation is 1. The third kappa shape index (κ3) is 3.49. The fraction of sp³-hybridized carbons (Fsp3) is 0.500. The Morgan fingerprint density at radius 2 is 2.04 bits per heavy atom. The van der Waals surface area contributed by atoms with Gasteiger partial charge in [-0.3, -0.25) is 0 Å². The third-order valence-electron chi connectivity index (χ3n) is 4.67. The Morgan fingerprint density at radius 1 is 1.26 bits per heavy atom. The first-order valence-corrected chi connectivity index (χ1v) is 8.26. The Hall–Kier alpha value is -2.04. The van der Waals surface area contributed by atoms with Gasteiger partial charge in [-0.05, 0) is 49.1 Å². The molecule has 1 heterocycles. The molecule has 3 atom stereocenters. The molecule has 0 bridgehead atoms. The third-order valence-corrected chi connectivity index (χ3v) is 4.67. The molecule has 3 unspecified atom stereocenters. The van der Waals surface area contributed by atoms with Gasteiger partial charge in [-0.15, -0.1) is 0 Å². The second-order valence-electron chi connectivity index (χ2n) is 6.46. The average Bonchev–Trinajstić information content (AvgIpc) is 2.83. The number of nitrogens with zero attached hydrogens (tertiary/aromatic N) is 3. The molecule has 1 aliphatic rings. The summed E-state index contributed by atoms with van der Waals surface area (Å²) < 4.78 is 13.4. The van der Waals surface area contributed by atoms with Crippen molar-refractivity contribution in [1.29, 1.82) is 0 Å². The van der Waals surface area contributed by atoms with Crippen molar-refractivity contribution in [1.82, 2.24) is 15.0 Å². The van der Waals surface area contributed by atoms with E-state index in [1.165, 1.54) is 18.1 Å². The SMILES string of the molecule is CC(F)c1nc(N)nc(CCCC2c3ccccc3CC2C)n1. The van der Waals surface area contributed by atoms with Crippen molar-refractivity contribution in [3.05, 3.63) is 47.0 Å². The van der Waals surface area contributed by atoms with Crippen LogP contribution in [0.3, 0.4) is 0 Å². The molecular formula is C18H23FN4. The van der Waals surface area contributed by atoms with Crippen molar-refractivity contribution in [3.63, 3.8) is 0 Å². The molecule has 1 aromatic heterocycles. The highest BCUT2D eigenvalue weighted by Crippen LogP contribution is 2.40. The molecule has 0 saturated carbocycles. The minimum absolute atomic E-state index is 0.106. The van der Waals surface area contributed by atoms with E-state index in [4.69, 9.17) is 5.73 Å². The summed E-state index contributed by atoms with van der Waals surface area (Å²) in [6.07, 6.45) is 2.69. The average molecular weight is 314 g/mol. The molecule has 2 aromatic rings. The summed E-state index contributed by atoms with van der Waals surface area (Å²) in [6.45, 7) is 3.73. The molecule has 23 heavy (non-hydrogen) atoms. The molecule has 0 radical (unpaired) electrons. The number of aromatic nitrogens is 3. The van der Waals surface area contributed by atoms with Gasteiger partial charge in [0.2, 0.25) is 5.95 Å². The maximum atomic E-state index is 13.4. The Labute approximate surface area is 136 Å². The zero-order valence-electron chi connectivity index (χ0n) is 13.7. The Balaban J connectivity index is 1.64. The van der Waals surface area contributed by atoms with Gasteiger partial charge in [0.1, 0.15) is 5.82 Å². The molecule has 1 aliphatic carbocycles. The number of fused-ring (bicyclic) bond motifs is 1. The van der Waals surface area contributed by atoms with Gasteiger partial charge >= 0.3 is 0 Å². The van der Waals surface area contributed by atoms with Crippen LogP contribution in [0.4, 0.5) is 10.3 Å². The normalized spacial score (nSPS) is 21.2. The van der Waals surface area contributed by atoms with Gasteiger partial charge in [0, 0.05) is 6.42 Å². The zero-order valence-corrected chi connectivity index (χ0v) is 13.7. The van der Waals surface area contributed by atoms with E-state index in [0.29, 0.717) is 24.1 Å². The second-order valence-corrected chi connectivity index (χ2v) is 6.46. The lowest BCUT2D eigenvalue weighted by molar-refractivity contribution is 0.354. The van der Waals surface area contributed by atoms with Gasteiger partial charge in [0.25, 0.3) is 0 Å². The van der Waals surface area contributed by atoms with Crippen molar-refractivity contribution in [3.8, 4) is 0 Å². The first kappa shape index (κ1) is 15.8. The standard InChI is InChI=1S/C18H23FN4/c1-11-10-13-6-3-4-7-15(13)14(11)8-5-9-16-21-17(12(2)19)23-18(20)22-16/h3-4,6-7,11-12,14H,5,8-10H2,1-2H3,(H2,20,21,22,23). The molecule has 0 saturated heterocycles. The number of alkyl halides is 1. The van der Waals surface area contributed by atoms with Gasteiger partial charge in [0.05, 0.1) is 0 Å². The predicted octanol–water partition coefficient (Wildman–Crippen LogP) is 3.78. The van der Waals surface area contributed by atoms with Crippen LogP contribution in [0.25, 0.3) is 0 Å². The van der Waals surface area contributed by atoms with E-state index in [9.17, 15) is 4.39 Å². The molecule has 3 rings (SSSR count). The van der Waals surface area contributed by atoms with Crippen LogP contribution >= 0.6 is 0 Å². The largest absolute Gasteiger partial charge is 0.368 e. The van der Waals surface area contributed by atoms with Crippen LogP contribution in [-0.4, -0.2) is 15.0 Å². The first-order chi connectivity index (χ1) is 11.0. The summed E-state index contributed by atoms with van der Waals surface area (Å²) in [5.74, 6) is 2.08. The van der Waals surface area contributed by atoms with Crippen LogP contribution in [0.2, 0.25) is 0 Å². The predicted molar refractivity (Wildman–Crippen MR) is 88.8 cm³/mol. The number of nitrogens with two attached hydrogens (primary N) is 1. The fourth-order valence-corrected chi connectivity index (χ4v) is 3.54. The minimum atomic E-state index is -1.22. The summed E-state index contributed by atoms with van der Waals surface area (Å²) in [6, 6.07) is 8.70. The summed E-state index contributed by atoms with van der Waals surface area (Å²) in [7, 11) is 0. The van der Waals surface area contributed by atoms with Crippen LogP contribution in [0.15, 0.2) is 24.3 Å². The maximum Gasteiger partial charge on any atom is 0.223 e. The van der Waals surface area contributed by atoms with E-state index in [-0.39, 0.29) is 11.8 Å². The molecule has 0 spiro atoms. The molecule has 4 nitrogen and oxygen atoms in total. The van der Waals surface area contributed by atoms with Crippen LogP contribution in [-0.2, 0) is 12.8 Å². The van der Waals surface area contributed by atoms with Gasteiger partial charge in [-0.1, -0.05) is 31.2 Å². The minimum Gasteiger partial charge on any atom is -0.368 e. The molecule has 0 amide bonds. The van der Waals surface area contributed by atoms with E-state index >= 15 is 0 Å². The molecule has 0 fully saturated rings. The molecule has 1 aromatic carbocycles. The number of hydrogen-bond acceptors (Lipinski definition) is 4. The lowest BCUT2D eigenvalue weighted by Crippen LogP contribution is -2.09. The van der Waals surface area contributed by atoms with E-state index in [2.05, 4.69) is 46.1 Å². The fourth-order valence-electron chi connectivity index (χ4n) is 3.54. The number of benzene rings is 1. The summed E-state index contributed by atoms with van der Waals surface area (Å²) in [5.41, 5.74) is 8.60. The quantitative estimate of drug-likeness (QED) is 0.912. The number of nitrogen functional groups attached to an aromatic ring is 1. The summed E-state index contributed by atoms with van der Waals surface area (Å²) >= 11 is 0. The van der Waals surface area contributed by atoms with E-state index in [0.717, 1.165) is 19.3 Å². The Kier molecular flexibility index (Phi) is 4.55. The Bertz CT molecular complexity index is 686.